The van der Waals surface area contributed by atoms with Crippen LogP contribution in [0, 0.1) is 11.8 Å². The highest BCUT2D eigenvalue weighted by Crippen LogP contribution is 2.30. The van der Waals surface area contributed by atoms with Crippen LogP contribution in [0.2, 0.25) is 0 Å². The van der Waals surface area contributed by atoms with E-state index >= 15 is 0 Å². The summed E-state index contributed by atoms with van der Waals surface area (Å²) in [6, 6.07) is 19.5. The largest absolute Gasteiger partial charge is 0.460 e. The Bertz CT molecular complexity index is 812. The van der Waals surface area contributed by atoms with Gasteiger partial charge in [0, 0.05) is 17.9 Å². The van der Waals surface area contributed by atoms with E-state index in [4.69, 9.17) is 9.47 Å². The minimum Gasteiger partial charge on any atom is -0.460 e. The third-order valence-corrected chi connectivity index (χ3v) is 6.34. The van der Waals surface area contributed by atoms with Gasteiger partial charge in [-0.2, -0.15) is 11.8 Å². The molecule has 1 aliphatic rings. The number of hydrogen-bond acceptors (Lipinski definition) is 5. The number of ether oxygens (including phenoxy) is 2. The number of thioether (sulfide) groups is 1. The van der Waals surface area contributed by atoms with Crippen molar-refractivity contribution >= 4 is 23.8 Å². The maximum Gasteiger partial charge on any atom is 0.407 e. The smallest absolute Gasteiger partial charge is 0.407 e. The van der Waals surface area contributed by atoms with Crippen molar-refractivity contribution in [3.05, 3.63) is 71.8 Å². The monoisotopic (exact) mass is 427 g/mol. The number of amides is 1. The first-order valence-corrected chi connectivity index (χ1v) is 11.5. The van der Waals surface area contributed by atoms with E-state index in [1.54, 1.807) is 11.8 Å². The summed E-state index contributed by atoms with van der Waals surface area (Å²) in [5, 5.41) is 2.91. The first-order valence-electron chi connectivity index (χ1n) is 10.3. The average Bonchev–Trinajstić information content (AvgIpc) is 3.12. The molecule has 0 saturated carbocycles. The Morgan fingerprint density at radius 1 is 1.10 bits per heavy atom. The Hall–Kier alpha value is -2.47. The van der Waals surface area contributed by atoms with Gasteiger partial charge in [-0.1, -0.05) is 74.5 Å². The van der Waals surface area contributed by atoms with E-state index in [-0.39, 0.29) is 36.6 Å². The van der Waals surface area contributed by atoms with Gasteiger partial charge < -0.3 is 14.8 Å². The number of hydrogen-bond donors (Lipinski definition) is 1. The fourth-order valence-electron chi connectivity index (χ4n) is 3.51. The number of carbonyl (C=O) groups is 2. The third-order valence-electron chi connectivity index (χ3n) is 5.16. The van der Waals surface area contributed by atoms with Gasteiger partial charge in [-0.05, 0) is 17.0 Å². The third kappa shape index (κ3) is 6.52. The second-order valence-electron chi connectivity index (χ2n) is 7.88. The fourth-order valence-corrected chi connectivity index (χ4v) is 4.61. The number of rotatable bonds is 9. The van der Waals surface area contributed by atoms with Crippen LogP contribution in [0.1, 0.15) is 31.4 Å². The summed E-state index contributed by atoms with van der Waals surface area (Å²) in [5.41, 5.74) is 2.17. The van der Waals surface area contributed by atoms with Gasteiger partial charge in [0.15, 0.2) is 0 Å². The first kappa shape index (κ1) is 22.2. The maximum atomic E-state index is 12.4. The quantitative estimate of drug-likeness (QED) is 0.582. The van der Waals surface area contributed by atoms with Crippen LogP contribution in [-0.2, 0) is 26.6 Å². The molecule has 5 nitrogen and oxygen atoms in total. The SMILES string of the molecule is CC(C)[C@H](NC(=O)OCc1ccccc1)[C@@H]1C[C@@H](CSCc2ccccc2)C(=O)O1. The molecular weight excluding hydrogens is 398 g/mol. The van der Waals surface area contributed by atoms with Gasteiger partial charge in [-0.3, -0.25) is 4.79 Å². The topological polar surface area (TPSA) is 64.6 Å². The molecule has 1 saturated heterocycles. The molecule has 0 bridgehead atoms. The molecule has 3 rings (SSSR count). The van der Waals surface area contributed by atoms with Crippen molar-refractivity contribution in [1.82, 2.24) is 5.32 Å². The lowest BCUT2D eigenvalue weighted by Gasteiger charge is -2.26. The van der Waals surface area contributed by atoms with Crippen molar-refractivity contribution in [2.45, 2.75) is 44.8 Å². The molecule has 0 radical (unpaired) electrons. The number of benzene rings is 2. The van der Waals surface area contributed by atoms with Crippen LogP contribution in [-0.4, -0.2) is 30.0 Å². The molecule has 1 heterocycles. The Balaban J connectivity index is 1.48. The molecule has 0 unspecified atom stereocenters. The van der Waals surface area contributed by atoms with E-state index in [1.807, 2.05) is 62.4 Å². The van der Waals surface area contributed by atoms with Gasteiger partial charge in [-0.15, -0.1) is 0 Å². The highest BCUT2D eigenvalue weighted by Gasteiger charge is 2.40. The van der Waals surface area contributed by atoms with Gasteiger partial charge in [-0.25, -0.2) is 4.79 Å². The summed E-state index contributed by atoms with van der Waals surface area (Å²) in [6.45, 7) is 4.22. The van der Waals surface area contributed by atoms with E-state index in [9.17, 15) is 9.59 Å². The van der Waals surface area contributed by atoms with Crippen molar-refractivity contribution < 1.29 is 19.1 Å². The molecule has 0 spiro atoms. The predicted molar refractivity (Wildman–Crippen MR) is 119 cm³/mol. The van der Waals surface area contributed by atoms with Crippen LogP contribution < -0.4 is 5.32 Å². The molecule has 30 heavy (non-hydrogen) atoms. The summed E-state index contributed by atoms with van der Waals surface area (Å²) >= 11 is 1.74. The number of carbonyl (C=O) groups excluding carboxylic acids is 2. The molecule has 1 N–H and O–H groups in total. The highest BCUT2D eigenvalue weighted by molar-refractivity contribution is 7.98. The Morgan fingerprint density at radius 3 is 2.37 bits per heavy atom. The van der Waals surface area contributed by atoms with Crippen LogP contribution in [0.15, 0.2) is 60.7 Å². The zero-order valence-corrected chi connectivity index (χ0v) is 18.3. The molecule has 1 aliphatic heterocycles. The van der Waals surface area contributed by atoms with E-state index in [1.165, 1.54) is 5.56 Å². The average molecular weight is 428 g/mol. The Labute approximate surface area is 182 Å². The maximum absolute atomic E-state index is 12.4. The molecule has 0 aromatic heterocycles. The van der Waals surface area contributed by atoms with E-state index in [0.29, 0.717) is 12.2 Å². The summed E-state index contributed by atoms with van der Waals surface area (Å²) in [7, 11) is 0. The van der Waals surface area contributed by atoms with Gasteiger partial charge in [0.05, 0.1) is 12.0 Å². The summed E-state index contributed by atoms with van der Waals surface area (Å²) in [4.78, 5) is 24.7. The van der Waals surface area contributed by atoms with Crippen LogP contribution in [0.25, 0.3) is 0 Å². The molecule has 1 amide bonds. The number of esters is 1. The Morgan fingerprint density at radius 2 is 1.73 bits per heavy atom. The standard InChI is InChI=1S/C24H29NO4S/c1-17(2)22(25-24(27)28-14-18-9-5-3-6-10-18)21-13-20(23(26)29-21)16-30-15-19-11-7-4-8-12-19/h3-12,17,20-22H,13-16H2,1-2H3,(H,25,27)/t20-,21-,22-/m0/s1. The molecular formula is C24H29NO4S. The van der Waals surface area contributed by atoms with Crippen molar-refractivity contribution in [3.63, 3.8) is 0 Å². The Kier molecular flexibility index (Phi) is 8.20. The van der Waals surface area contributed by atoms with Crippen LogP contribution in [0.5, 0.6) is 0 Å². The molecule has 0 aliphatic carbocycles. The van der Waals surface area contributed by atoms with Crippen LogP contribution in [0.4, 0.5) is 4.79 Å². The summed E-state index contributed by atoms with van der Waals surface area (Å²) < 4.78 is 11.0. The summed E-state index contributed by atoms with van der Waals surface area (Å²) in [6.07, 6.45) is -0.206. The van der Waals surface area contributed by atoms with E-state index < -0.39 is 6.09 Å². The lowest BCUT2D eigenvalue weighted by atomic mass is 9.94. The number of cyclic esters (lactones) is 1. The second kappa shape index (κ2) is 11.1. The van der Waals surface area contributed by atoms with Crippen molar-refractivity contribution in [1.29, 1.82) is 0 Å². The highest BCUT2D eigenvalue weighted by atomic mass is 32.2. The van der Waals surface area contributed by atoms with Crippen LogP contribution >= 0.6 is 11.8 Å². The minimum absolute atomic E-state index is 0.114. The minimum atomic E-state index is -0.490. The predicted octanol–water partition coefficient (Wildman–Crippen LogP) is 4.80. The molecule has 160 valence electrons. The second-order valence-corrected chi connectivity index (χ2v) is 8.91. The fraction of sp³-hybridized carbons (Fsp3) is 0.417. The zero-order valence-electron chi connectivity index (χ0n) is 17.5. The van der Waals surface area contributed by atoms with Crippen molar-refractivity contribution in [2.75, 3.05) is 5.75 Å². The molecule has 3 atom stereocenters. The molecule has 2 aromatic carbocycles. The molecule has 1 fully saturated rings. The normalized spacial score (nSPS) is 19.4. The van der Waals surface area contributed by atoms with E-state index in [0.717, 1.165) is 11.3 Å². The van der Waals surface area contributed by atoms with E-state index in [2.05, 4.69) is 17.4 Å². The van der Waals surface area contributed by atoms with Gasteiger partial charge in [0.2, 0.25) is 0 Å². The lowest BCUT2D eigenvalue weighted by Crippen LogP contribution is -2.46. The number of nitrogens with one attached hydrogen (secondary N) is 1. The molecule has 2 aromatic rings. The van der Waals surface area contributed by atoms with Gasteiger partial charge in [0.1, 0.15) is 12.7 Å². The molecule has 6 heteroatoms. The van der Waals surface area contributed by atoms with Crippen LogP contribution in [0.3, 0.4) is 0 Å². The zero-order chi connectivity index (χ0) is 21.3. The van der Waals surface area contributed by atoms with Gasteiger partial charge >= 0.3 is 12.1 Å². The lowest BCUT2D eigenvalue weighted by molar-refractivity contribution is -0.145. The van der Waals surface area contributed by atoms with Gasteiger partial charge in [0.25, 0.3) is 0 Å². The first-order chi connectivity index (χ1) is 14.5. The summed E-state index contributed by atoms with van der Waals surface area (Å²) in [5.74, 6) is 1.38. The number of alkyl carbamates (subject to hydrolysis) is 1. The van der Waals surface area contributed by atoms with Crippen molar-refractivity contribution in [2.24, 2.45) is 11.8 Å². The van der Waals surface area contributed by atoms with Crippen molar-refractivity contribution in [3.8, 4) is 0 Å².